The molecule has 0 bridgehead atoms. The topological polar surface area (TPSA) is 84.0 Å². The summed E-state index contributed by atoms with van der Waals surface area (Å²) in [6, 6.07) is 13.4. The minimum Gasteiger partial charge on any atom is -0.469 e. The van der Waals surface area contributed by atoms with E-state index in [0.717, 1.165) is 9.87 Å². The van der Waals surface area contributed by atoms with Gasteiger partial charge in [-0.2, -0.15) is 0 Å². The van der Waals surface area contributed by atoms with Gasteiger partial charge in [-0.25, -0.2) is 12.7 Å². The second kappa shape index (κ2) is 9.87. The number of halogens is 1. The van der Waals surface area contributed by atoms with Crippen molar-refractivity contribution in [2.45, 2.75) is 17.9 Å². The zero-order valence-corrected chi connectivity index (χ0v) is 18.0. The molecule has 0 aliphatic rings. The third-order valence-corrected chi connectivity index (χ3v) is 6.55. The van der Waals surface area contributed by atoms with Crippen molar-refractivity contribution < 1.29 is 22.7 Å². The normalized spacial score (nSPS) is 11.3. The second-order valence-corrected chi connectivity index (χ2v) is 9.00. The Bertz CT molecular complexity index is 978. The molecule has 0 saturated carbocycles. The predicted octanol–water partition coefficient (Wildman–Crippen LogP) is 2.80. The summed E-state index contributed by atoms with van der Waals surface area (Å²) in [5.74, 6) is -0.854. The second-order valence-electron chi connectivity index (χ2n) is 6.47. The largest absolute Gasteiger partial charge is 0.469 e. The molecule has 0 fully saturated rings. The average Bonchev–Trinajstić information content (AvgIpc) is 2.71. The molecule has 29 heavy (non-hydrogen) atoms. The molecule has 7 nitrogen and oxygen atoms in total. The number of rotatable bonds is 8. The van der Waals surface area contributed by atoms with E-state index < -0.39 is 21.9 Å². The molecule has 0 unspecified atom stereocenters. The van der Waals surface area contributed by atoms with Gasteiger partial charge in [0.15, 0.2) is 0 Å². The van der Waals surface area contributed by atoms with Crippen LogP contribution in [0.4, 0.5) is 0 Å². The van der Waals surface area contributed by atoms with Gasteiger partial charge in [0, 0.05) is 32.7 Å². The molecule has 0 aliphatic carbocycles. The summed E-state index contributed by atoms with van der Waals surface area (Å²) < 4.78 is 30.7. The van der Waals surface area contributed by atoms with Crippen LogP contribution in [-0.2, 0) is 26.1 Å². The molecular formula is C20H23ClN2O5S. The molecule has 156 valence electrons. The Labute approximate surface area is 175 Å². The molecule has 9 heteroatoms. The monoisotopic (exact) mass is 438 g/mol. The summed E-state index contributed by atoms with van der Waals surface area (Å²) in [4.78, 5) is 26.0. The molecule has 2 aromatic carbocycles. The van der Waals surface area contributed by atoms with E-state index in [9.17, 15) is 18.0 Å². The summed E-state index contributed by atoms with van der Waals surface area (Å²) in [6.07, 6.45) is 0.0194. The number of sulfonamides is 1. The number of esters is 1. The molecular weight excluding hydrogens is 416 g/mol. The SMILES string of the molecule is COC(=O)CCN(Cc1ccccc1)C(=O)c1ccc(Cl)c(S(=O)(=O)N(C)C)c1. The van der Waals surface area contributed by atoms with Crippen molar-refractivity contribution in [2.24, 2.45) is 0 Å². The lowest BCUT2D eigenvalue weighted by Gasteiger charge is -2.23. The van der Waals surface area contributed by atoms with Crippen molar-refractivity contribution in [2.75, 3.05) is 27.7 Å². The van der Waals surface area contributed by atoms with Gasteiger partial charge >= 0.3 is 5.97 Å². The number of methoxy groups -OCH3 is 1. The Hall–Kier alpha value is -2.42. The quantitative estimate of drug-likeness (QED) is 0.592. The highest BCUT2D eigenvalue weighted by atomic mass is 35.5. The number of hydrogen-bond acceptors (Lipinski definition) is 5. The van der Waals surface area contributed by atoms with Crippen molar-refractivity contribution in [3.05, 3.63) is 64.7 Å². The first-order valence-electron chi connectivity index (χ1n) is 8.79. The minimum absolute atomic E-state index is 0.0194. The van der Waals surface area contributed by atoms with Crippen molar-refractivity contribution in [1.82, 2.24) is 9.21 Å². The lowest BCUT2D eigenvalue weighted by atomic mass is 10.1. The van der Waals surface area contributed by atoms with Crippen molar-refractivity contribution >= 4 is 33.5 Å². The Kier molecular flexibility index (Phi) is 7.78. The number of carbonyl (C=O) groups is 2. The van der Waals surface area contributed by atoms with E-state index in [1.54, 1.807) is 0 Å². The summed E-state index contributed by atoms with van der Waals surface area (Å²) in [5, 5.41) is 0.0272. The number of nitrogens with zero attached hydrogens (tertiary/aromatic N) is 2. The lowest BCUT2D eigenvalue weighted by Crippen LogP contribution is -2.33. The van der Waals surface area contributed by atoms with Crippen LogP contribution in [0, 0.1) is 0 Å². The van der Waals surface area contributed by atoms with Crippen molar-refractivity contribution in [3.63, 3.8) is 0 Å². The van der Waals surface area contributed by atoms with E-state index in [-0.39, 0.29) is 35.0 Å². The first-order chi connectivity index (χ1) is 13.7. The highest BCUT2D eigenvalue weighted by Crippen LogP contribution is 2.25. The fourth-order valence-electron chi connectivity index (χ4n) is 2.60. The Morgan fingerprint density at radius 2 is 1.72 bits per heavy atom. The van der Waals surface area contributed by atoms with Gasteiger partial charge in [0.2, 0.25) is 10.0 Å². The summed E-state index contributed by atoms with van der Waals surface area (Å²) in [5.41, 5.74) is 1.04. The zero-order valence-electron chi connectivity index (χ0n) is 16.5. The van der Waals surface area contributed by atoms with Crippen LogP contribution in [0.1, 0.15) is 22.3 Å². The van der Waals surface area contributed by atoms with Crippen LogP contribution < -0.4 is 0 Å². The third kappa shape index (κ3) is 5.79. The molecule has 0 spiro atoms. The first kappa shape index (κ1) is 22.9. The van der Waals surface area contributed by atoms with Gasteiger partial charge in [-0.1, -0.05) is 41.9 Å². The zero-order chi connectivity index (χ0) is 21.6. The molecule has 0 aromatic heterocycles. The fraction of sp³-hybridized carbons (Fsp3) is 0.300. The van der Waals surface area contributed by atoms with E-state index in [1.165, 1.54) is 44.3 Å². The Morgan fingerprint density at radius 1 is 1.07 bits per heavy atom. The molecule has 2 aromatic rings. The van der Waals surface area contributed by atoms with E-state index in [4.69, 9.17) is 11.6 Å². The number of carbonyl (C=O) groups excluding carboxylic acids is 2. The van der Waals surface area contributed by atoms with Gasteiger partial charge in [0.1, 0.15) is 4.90 Å². The van der Waals surface area contributed by atoms with Gasteiger partial charge in [-0.05, 0) is 23.8 Å². The van der Waals surface area contributed by atoms with Crippen molar-refractivity contribution in [3.8, 4) is 0 Å². The highest BCUT2D eigenvalue weighted by molar-refractivity contribution is 7.89. The smallest absolute Gasteiger partial charge is 0.307 e. The van der Waals surface area contributed by atoms with Gasteiger partial charge in [0.05, 0.1) is 18.6 Å². The molecule has 0 aliphatic heterocycles. The van der Waals surface area contributed by atoms with Crippen LogP contribution in [0.5, 0.6) is 0 Å². The standard InChI is InChI=1S/C20H23ClN2O5S/c1-22(2)29(26,27)18-13-16(9-10-17(18)21)20(25)23(12-11-19(24)28-3)14-15-7-5-4-6-8-15/h4-10,13H,11-12,14H2,1-3H3. The minimum atomic E-state index is -3.82. The number of hydrogen-bond donors (Lipinski definition) is 0. The van der Waals surface area contributed by atoms with Crippen LogP contribution in [0.25, 0.3) is 0 Å². The molecule has 0 saturated heterocycles. The van der Waals surface area contributed by atoms with Gasteiger partial charge in [-0.3, -0.25) is 9.59 Å². The maximum absolute atomic E-state index is 13.1. The van der Waals surface area contributed by atoms with Gasteiger partial charge < -0.3 is 9.64 Å². The number of benzene rings is 2. The van der Waals surface area contributed by atoms with E-state index in [1.807, 2.05) is 30.3 Å². The molecule has 0 N–H and O–H groups in total. The third-order valence-electron chi connectivity index (χ3n) is 4.25. The number of ether oxygens (including phenoxy) is 1. The van der Waals surface area contributed by atoms with Crippen LogP contribution in [0.2, 0.25) is 5.02 Å². The van der Waals surface area contributed by atoms with Crippen LogP contribution in [-0.4, -0.2) is 57.2 Å². The summed E-state index contributed by atoms with van der Waals surface area (Å²) in [7, 11) is 0.234. The maximum Gasteiger partial charge on any atom is 0.307 e. The first-order valence-corrected chi connectivity index (χ1v) is 10.6. The van der Waals surface area contributed by atoms with Crippen LogP contribution in [0.3, 0.4) is 0 Å². The molecule has 0 radical (unpaired) electrons. The fourth-order valence-corrected chi connectivity index (χ4v) is 3.99. The van der Waals surface area contributed by atoms with E-state index >= 15 is 0 Å². The molecule has 1 amide bonds. The lowest BCUT2D eigenvalue weighted by molar-refractivity contribution is -0.140. The summed E-state index contributed by atoms with van der Waals surface area (Å²) >= 11 is 6.07. The summed E-state index contributed by atoms with van der Waals surface area (Å²) in [6.45, 7) is 0.383. The van der Waals surface area contributed by atoms with Gasteiger partial charge in [-0.15, -0.1) is 0 Å². The van der Waals surface area contributed by atoms with E-state index in [2.05, 4.69) is 4.74 Å². The molecule has 0 heterocycles. The molecule has 0 atom stereocenters. The Balaban J connectivity index is 2.38. The Morgan fingerprint density at radius 3 is 2.31 bits per heavy atom. The number of amides is 1. The van der Waals surface area contributed by atoms with Gasteiger partial charge in [0.25, 0.3) is 5.91 Å². The van der Waals surface area contributed by atoms with Crippen LogP contribution in [0.15, 0.2) is 53.4 Å². The maximum atomic E-state index is 13.1. The van der Waals surface area contributed by atoms with Crippen molar-refractivity contribution in [1.29, 1.82) is 0 Å². The van der Waals surface area contributed by atoms with Crippen LogP contribution >= 0.6 is 11.6 Å². The average molecular weight is 439 g/mol. The highest BCUT2D eigenvalue weighted by Gasteiger charge is 2.24. The van der Waals surface area contributed by atoms with E-state index in [0.29, 0.717) is 0 Å². The predicted molar refractivity (Wildman–Crippen MR) is 110 cm³/mol. The molecule has 2 rings (SSSR count).